The van der Waals surface area contributed by atoms with Crippen LogP contribution in [0.5, 0.6) is 0 Å². The van der Waals surface area contributed by atoms with Crippen molar-refractivity contribution in [1.29, 1.82) is 0 Å². The minimum atomic E-state index is -3.24. The maximum Gasteiger partial charge on any atom is 0.340 e. The van der Waals surface area contributed by atoms with Crippen molar-refractivity contribution < 1.29 is 22.7 Å². The van der Waals surface area contributed by atoms with Gasteiger partial charge in [-0.25, -0.2) is 13.2 Å². The minimum absolute atomic E-state index is 0.0137. The topological polar surface area (TPSA) is 97.7 Å². The molecular formula is C21H21N3O5S. The summed E-state index contributed by atoms with van der Waals surface area (Å²) < 4.78 is 32.0. The van der Waals surface area contributed by atoms with Crippen LogP contribution in [-0.4, -0.2) is 44.3 Å². The fourth-order valence-electron chi connectivity index (χ4n) is 3.65. The number of para-hydroxylation sites is 1. The van der Waals surface area contributed by atoms with E-state index in [1.54, 1.807) is 41.1 Å². The standard InChI is InChI=1S/C21H21N3O5S/c1-29-21(26)18-13-23(19-6-3-2-5-17(18)19)14-20(25)22-15-7-9-16(10-8-15)24-11-4-12-30(24,27)28/h2-3,5-10,13H,4,11-12,14H2,1H3,(H,22,25). The Morgan fingerprint density at radius 3 is 2.50 bits per heavy atom. The van der Waals surface area contributed by atoms with E-state index in [0.29, 0.717) is 35.3 Å². The quantitative estimate of drug-likeness (QED) is 0.631. The average Bonchev–Trinajstić information content (AvgIpc) is 3.28. The number of hydrogen-bond acceptors (Lipinski definition) is 5. The highest BCUT2D eigenvalue weighted by atomic mass is 32.2. The van der Waals surface area contributed by atoms with Gasteiger partial charge in [-0.05, 0) is 36.8 Å². The van der Waals surface area contributed by atoms with Crippen LogP contribution in [0.3, 0.4) is 0 Å². The Bertz CT molecular complexity index is 1220. The molecule has 1 amide bonds. The van der Waals surface area contributed by atoms with Gasteiger partial charge in [-0.15, -0.1) is 0 Å². The lowest BCUT2D eigenvalue weighted by atomic mass is 10.2. The number of hydrogen-bond donors (Lipinski definition) is 1. The SMILES string of the molecule is COC(=O)c1cn(CC(=O)Nc2ccc(N3CCCS3(=O)=O)cc2)c2ccccc12. The molecule has 9 heteroatoms. The number of carbonyl (C=O) groups is 2. The Morgan fingerprint density at radius 1 is 1.10 bits per heavy atom. The normalized spacial score (nSPS) is 15.3. The molecule has 1 fully saturated rings. The molecule has 0 radical (unpaired) electrons. The predicted molar refractivity (Wildman–Crippen MR) is 114 cm³/mol. The van der Waals surface area contributed by atoms with Crippen molar-refractivity contribution in [2.45, 2.75) is 13.0 Å². The van der Waals surface area contributed by atoms with E-state index in [9.17, 15) is 18.0 Å². The van der Waals surface area contributed by atoms with Gasteiger partial charge in [0.05, 0.1) is 24.1 Å². The molecule has 0 unspecified atom stereocenters. The highest BCUT2D eigenvalue weighted by Gasteiger charge is 2.28. The fourth-order valence-corrected chi connectivity index (χ4v) is 5.21. The van der Waals surface area contributed by atoms with Crippen molar-refractivity contribution in [2.24, 2.45) is 0 Å². The lowest BCUT2D eigenvalue weighted by molar-refractivity contribution is -0.116. The summed E-state index contributed by atoms with van der Waals surface area (Å²) in [6.07, 6.45) is 2.22. The third kappa shape index (κ3) is 3.76. The molecule has 1 N–H and O–H groups in total. The summed E-state index contributed by atoms with van der Waals surface area (Å²) in [6, 6.07) is 14.0. The summed E-state index contributed by atoms with van der Waals surface area (Å²) in [7, 11) is -1.92. The second-order valence-corrected chi connectivity index (χ2v) is 9.03. The number of rotatable bonds is 5. The largest absolute Gasteiger partial charge is 0.465 e. The van der Waals surface area contributed by atoms with Crippen molar-refractivity contribution in [3.63, 3.8) is 0 Å². The summed E-state index contributed by atoms with van der Waals surface area (Å²) in [5, 5.41) is 3.52. The van der Waals surface area contributed by atoms with Gasteiger partial charge in [-0.3, -0.25) is 9.10 Å². The third-order valence-corrected chi connectivity index (χ3v) is 6.92. The number of nitrogens with zero attached hydrogens (tertiary/aromatic N) is 2. The van der Waals surface area contributed by atoms with Gasteiger partial charge in [0.25, 0.3) is 0 Å². The smallest absolute Gasteiger partial charge is 0.340 e. The summed E-state index contributed by atoms with van der Waals surface area (Å²) in [4.78, 5) is 24.6. The van der Waals surface area contributed by atoms with E-state index in [4.69, 9.17) is 4.74 Å². The van der Waals surface area contributed by atoms with Gasteiger partial charge in [-0.2, -0.15) is 0 Å². The molecule has 0 bridgehead atoms. The number of anilines is 2. The van der Waals surface area contributed by atoms with Crippen molar-refractivity contribution in [3.05, 3.63) is 60.3 Å². The first-order valence-corrected chi connectivity index (χ1v) is 11.1. The number of methoxy groups -OCH3 is 1. The van der Waals surface area contributed by atoms with E-state index < -0.39 is 16.0 Å². The Kier molecular flexibility index (Phi) is 5.21. The van der Waals surface area contributed by atoms with Crippen molar-refractivity contribution >= 4 is 44.2 Å². The fraction of sp³-hybridized carbons (Fsp3) is 0.238. The molecular weight excluding hydrogens is 406 g/mol. The lowest BCUT2D eigenvalue weighted by Gasteiger charge is -2.17. The van der Waals surface area contributed by atoms with E-state index in [1.165, 1.54) is 11.4 Å². The molecule has 1 aromatic heterocycles. The maximum absolute atomic E-state index is 12.6. The van der Waals surface area contributed by atoms with Crippen LogP contribution in [0, 0.1) is 0 Å². The van der Waals surface area contributed by atoms with E-state index in [0.717, 1.165) is 5.52 Å². The molecule has 1 aliphatic heterocycles. The first-order chi connectivity index (χ1) is 14.4. The Morgan fingerprint density at radius 2 is 1.83 bits per heavy atom. The Labute approximate surface area is 174 Å². The number of carbonyl (C=O) groups excluding carboxylic acids is 2. The number of esters is 1. The Hall–Kier alpha value is -3.33. The number of fused-ring (bicyclic) bond motifs is 1. The molecule has 0 aliphatic carbocycles. The van der Waals surface area contributed by atoms with Gasteiger partial charge in [0, 0.05) is 29.3 Å². The summed E-state index contributed by atoms with van der Waals surface area (Å²) in [5.74, 6) is -0.573. The second-order valence-electron chi connectivity index (χ2n) is 7.02. The van der Waals surface area contributed by atoms with Crippen LogP contribution >= 0.6 is 0 Å². The maximum atomic E-state index is 12.6. The molecule has 0 atom stereocenters. The van der Waals surface area contributed by atoms with Crippen LogP contribution in [0.1, 0.15) is 16.8 Å². The van der Waals surface area contributed by atoms with Gasteiger partial charge in [0.1, 0.15) is 6.54 Å². The van der Waals surface area contributed by atoms with Gasteiger partial charge in [-0.1, -0.05) is 18.2 Å². The molecule has 0 saturated carbocycles. The van der Waals surface area contributed by atoms with Crippen LogP contribution in [0.4, 0.5) is 11.4 Å². The molecule has 1 aliphatic rings. The van der Waals surface area contributed by atoms with Crippen LogP contribution in [0.25, 0.3) is 10.9 Å². The molecule has 2 heterocycles. The van der Waals surface area contributed by atoms with Crippen LogP contribution in [0.2, 0.25) is 0 Å². The van der Waals surface area contributed by atoms with E-state index >= 15 is 0 Å². The van der Waals surface area contributed by atoms with Crippen molar-refractivity contribution in [1.82, 2.24) is 4.57 Å². The number of sulfonamides is 1. The molecule has 156 valence electrons. The lowest BCUT2D eigenvalue weighted by Crippen LogP contribution is -2.25. The Balaban J connectivity index is 1.50. The first kappa shape index (κ1) is 20.0. The summed E-state index contributed by atoms with van der Waals surface area (Å²) >= 11 is 0. The molecule has 4 rings (SSSR count). The highest BCUT2D eigenvalue weighted by molar-refractivity contribution is 7.93. The first-order valence-electron chi connectivity index (χ1n) is 9.45. The van der Waals surface area contributed by atoms with Crippen LogP contribution in [-0.2, 0) is 26.1 Å². The van der Waals surface area contributed by atoms with Gasteiger partial charge < -0.3 is 14.6 Å². The van der Waals surface area contributed by atoms with E-state index in [2.05, 4.69) is 5.32 Å². The van der Waals surface area contributed by atoms with E-state index in [1.807, 2.05) is 18.2 Å². The molecule has 1 saturated heterocycles. The molecule has 8 nitrogen and oxygen atoms in total. The van der Waals surface area contributed by atoms with Crippen LogP contribution in [0.15, 0.2) is 54.7 Å². The zero-order valence-corrected chi connectivity index (χ0v) is 17.2. The molecule has 2 aromatic carbocycles. The second kappa shape index (κ2) is 7.83. The highest BCUT2D eigenvalue weighted by Crippen LogP contribution is 2.26. The van der Waals surface area contributed by atoms with E-state index in [-0.39, 0.29) is 18.2 Å². The number of ether oxygens (including phenoxy) is 1. The molecule has 3 aromatic rings. The van der Waals surface area contributed by atoms with Crippen LogP contribution < -0.4 is 9.62 Å². The summed E-state index contributed by atoms with van der Waals surface area (Å²) in [6.45, 7) is 0.483. The van der Waals surface area contributed by atoms with Crippen molar-refractivity contribution in [2.75, 3.05) is 29.0 Å². The zero-order valence-electron chi connectivity index (χ0n) is 16.4. The third-order valence-electron chi connectivity index (χ3n) is 5.05. The molecule has 30 heavy (non-hydrogen) atoms. The monoisotopic (exact) mass is 427 g/mol. The van der Waals surface area contributed by atoms with Crippen molar-refractivity contribution in [3.8, 4) is 0 Å². The minimum Gasteiger partial charge on any atom is -0.465 e. The predicted octanol–water partition coefficient (Wildman–Crippen LogP) is 2.61. The van der Waals surface area contributed by atoms with Gasteiger partial charge in [0.2, 0.25) is 15.9 Å². The van der Waals surface area contributed by atoms with Gasteiger partial charge in [0.15, 0.2) is 0 Å². The number of benzene rings is 2. The number of amides is 1. The average molecular weight is 427 g/mol. The number of aromatic nitrogens is 1. The summed E-state index contributed by atoms with van der Waals surface area (Å²) in [5.41, 5.74) is 2.30. The van der Waals surface area contributed by atoms with Gasteiger partial charge >= 0.3 is 5.97 Å². The zero-order chi connectivity index (χ0) is 21.3. The number of nitrogens with one attached hydrogen (secondary N) is 1. The molecule has 0 spiro atoms.